The minimum absolute atomic E-state index is 0.172. The van der Waals surface area contributed by atoms with Gasteiger partial charge in [0.15, 0.2) is 0 Å². The molecule has 0 saturated heterocycles. The second-order valence-corrected chi connectivity index (χ2v) is 7.86. The summed E-state index contributed by atoms with van der Waals surface area (Å²) in [6.45, 7) is 2.69. The molecule has 2 aliphatic heterocycles. The van der Waals surface area contributed by atoms with E-state index in [1.807, 2.05) is 6.07 Å². The summed E-state index contributed by atoms with van der Waals surface area (Å²) in [5.74, 6) is 0. The van der Waals surface area contributed by atoms with Gasteiger partial charge in [0.1, 0.15) is 0 Å². The van der Waals surface area contributed by atoms with E-state index in [-0.39, 0.29) is 11.6 Å². The van der Waals surface area contributed by atoms with Crippen LogP contribution >= 0.6 is 0 Å². The average Bonchev–Trinajstić information content (AvgIpc) is 2.85. The van der Waals surface area contributed by atoms with Crippen molar-refractivity contribution in [3.05, 3.63) is 106 Å². The van der Waals surface area contributed by atoms with Crippen molar-refractivity contribution < 1.29 is 13.2 Å². The van der Waals surface area contributed by atoms with Crippen LogP contribution in [-0.2, 0) is 24.7 Å². The number of rotatable bonds is 2. The highest BCUT2D eigenvalue weighted by Gasteiger charge is 2.51. The van der Waals surface area contributed by atoms with Gasteiger partial charge in [0.25, 0.3) is 0 Å². The quantitative estimate of drug-likeness (QED) is 0.521. The van der Waals surface area contributed by atoms with Gasteiger partial charge in [-0.3, -0.25) is 4.90 Å². The lowest BCUT2D eigenvalue weighted by atomic mass is 9.80. The summed E-state index contributed by atoms with van der Waals surface area (Å²) in [6.07, 6.45) is -3.45. The van der Waals surface area contributed by atoms with Gasteiger partial charge in [-0.25, -0.2) is 0 Å². The molecule has 0 fully saturated rings. The third kappa shape index (κ3) is 2.44. The summed E-state index contributed by atoms with van der Waals surface area (Å²) in [5, 5.41) is 0. The molecule has 2 aliphatic rings. The van der Waals surface area contributed by atoms with Crippen molar-refractivity contribution >= 4 is 0 Å². The number of benzene rings is 3. The van der Waals surface area contributed by atoms with Crippen molar-refractivity contribution in [2.75, 3.05) is 0 Å². The summed E-state index contributed by atoms with van der Waals surface area (Å²) in [6, 6.07) is 22.8. The number of fused-ring (bicyclic) bond motifs is 7. The Labute approximate surface area is 162 Å². The molecule has 4 heteroatoms. The summed E-state index contributed by atoms with van der Waals surface area (Å²) in [5.41, 5.74) is 4.89. The topological polar surface area (TPSA) is 3.24 Å². The smallest absolute Gasteiger partial charge is 0.278 e. The van der Waals surface area contributed by atoms with Gasteiger partial charge in [-0.2, -0.15) is 13.2 Å². The molecular weight excluding hydrogens is 359 g/mol. The van der Waals surface area contributed by atoms with Gasteiger partial charge < -0.3 is 0 Å². The maximum absolute atomic E-state index is 13.2. The molecule has 0 aromatic heterocycles. The maximum atomic E-state index is 13.2. The van der Waals surface area contributed by atoms with Crippen LogP contribution in [0.3, 0.4) is 0 Å². The van der Waals surface area contributed by atoms with Crippen LogP contribution in [0.5, 0.6) is 0 Å². The zero-order valence-electron chi connectivity index (χ0n) is 15.5. The molecule has 2 heterocycles. The van der Waals surface area contributed by atoms with E-state index in [1.54, 1.807) is 6.07 Å². The Morgan fingerprint density at radius 1 is 0.929 bits per heavy atom. The van der Waals surface area contributed by atoms with Crippen LogP contribution in [0.1, 0.15) is 46.3 Å². The molecule has 2 atom stereocenters. The van der Waals surface area contributed by atoms with Gasteiger partial charge in [0.05, 0.1) is 11.1 Å². The van der Waals surface area contributed by atoms with E-state index < -0.39 is 11.7 Å². The van der Waals surface area contributed by atoms with Crippen molar-refractivity contribution in [1.82, 2.24) is 4.90 Å². The molecule has 0 spiro atoms. The maximum Gasteiger partial charge on any atom is 0.416 e. The second-order valence-electron chi connectivity index (χ2n) is 7.86. The lowest BCUT2D eigenvalue weighted by Gasteiger charge is -2.44. The van der Waals surface area contributed by atoms with Crippen LogP contribution in [0.25, 0.3) is 0 Å². The van der Waals surface area contributed by atoms with Crippen LogP contribution in [-0.4, -0.2) is 4.90 Å². The van der Waals surface area contributed by atoms with Gasteiger partial charge >= 0.3 is 6.18 Å². The lowest BCUT2D eigenvalue weighted by Crippen LogP contribution is -2.45. The number of hydrogen-bond donors (Lipinski definition) is 0. The number of nitrogens with zero attached hydrogens (tertiary/aromatic N) is 1. The molecule has 28 heavy (non-hydrogen) atoms. The van der Waals surface area contributed by atoms with Crippen LogP contribution in [0.2, 0.25) is 0 Å². The van der Waals surface area contributed by atoms with Crippen molar-refractivity contribution in [3.63, 3.8) is 0 Å². The van der Waals surface area contributed by atoms with Crippen molar-refractivity contribution in [3.8, 4) is 0 Å². The molecule has 0 amide bonds. The minimum atomic E-state index is -4.32. The van der Waals surface area contributed by atoms with Crippen LogP contribution in [0.4, 0.5) is 13.2 Å². The summed E-state index contributed by atoms with van der Waals surface area (Å²) >= 11 is 0. The average molecular weight is 379 g/mol. The van der Waals surface area contributed by atoms with E-state index in [4.69, 9.17) is 0 Å². The number of halogens is 3. The molecule has 0 radical (unpaired) electrons. The third-order valence-corrected chi connectivity index (χ3v) is 6.36. The van der Waals surface area contributed by atoms with E-state index in [9.17, 15) is 13.2 Å². The number of hydrogen-bond acceptors (Lipinski definition) is 1. The van der Waals surface area contributed by atoms with Crippen LogP contribution in [0, 0.1) is 0 Å². The van der Waals surface area contributed by atoms with Crippen molar-refractivity contribution in [2.24, 2.45) is 0 Å². The minimum Gasteiger partial charge on any atom is -0.278 e. The predicted octanol–water partition coefficient (Wildman–Crippen LogP) is 6.08. The van der Waals surface area contributed by atoms with Crippen LogP contribution in [0.15, 0.2) is 72.8 Å². The highest BCUT2D eigenvalue weighted by molar-refractivity contribution is 5.54. The van der Waals surface area contributed by atoms with Gasteiger partial charge in [0, 0.05) is 12.6 Å². The molecule has 0 aliphatic carbocycles. The van der Waals surface area contributed by atoms with Gasteiger partial charge in [-0.05, 0) is 47.2 Å². The van der Waals surface area contributed by atoms with E-state index in [0.717, 1.165) is 12.5 Å². The first-order valence-electron chi connectivity index (χ1n) is 9.50. The highest BCUT2D eigenvalue weighted by Crippen LogP contribution is 2.55. The van der Waals surface area contributed by atoms with Crippen molar-refractivity contribution in [2.45, 2.75) is 37.6 Å². The standard InChI is InChI=1S/C24H20F3N/c1-23-20-11-4-2-8-17(20)14-22(19-10-3-5-12-21(19)23)28(23)15-16-7-6-9-18(13-16)24(25,26)27/h2-13,22H,14-15H2,1H3/t22-,23+/m1/s1. The second kappa shape index (κ2) is 5.95. The normalized spacial score (nSPS) is 23.4. The summed E-state index contributed by atoms with van der Waals surface area (Å²) in [4.78, 5) is 2.37. The molecule has 0 saturated carbocycles. The fraction of sp³-hybridized carbons (Fsp3) is 0.250. The predicted molar refractivity (Wildman–Crippen MR) is 103 cm³/mol. The molecule has 0 unspecified atom stereocenters. The molecule has 5 rings (SSSR count). The first-order chi connectivity index (χ1) is 13.4. The first-order valence-corrected chi connectivity index (χ1v) is 9.50. The Hall–Kier alpha value is -2.59. The monoisotopic (exact) mass is 379 g/mol. The van der Waals surface area contributed by atoms with E-state index in [2.05, 4.69) is 54.3 Å². The molecule has 142 valence electrons. The summed E-state index contributed by atoms with van der Waals surface area (Å²) in [7, 11) is 0. The first kappa shape index (κ1) is 17.5. The molecule has 1 nitrogen and oxygen atoms in total. The Morgan fingerprint density at radius 3 is 2.43 bits per heavy atom. The Bertz CT molecular complexity index is 1040. The van der Waals surface area contributed by atoms with Crippen molar-refractivity contribution in [1.29, 1.82) is 0 Å². The molecule has 3 aromatic rings. The van der Waals surface area contributed by atoms with Gasteiger partial charge in [-0.1, -0.05) is 66.7 Å². The molecule has 0 N–H and O–H groups in total. The fourth-order valence-corrected chi connectivity index (χ4v) is 5.08. The molecule has 2 bridgehead atoms. The summed E-state index contributed by atoms with van der Waals surface area (Å²) < 4.78 is 39.6. The van der Waals surface area contributed by atoms with E-state index in [0.29, 0.717) is 12.1 Å². The zero-order chi connectivity index (χ0) is 19.5. The number of alkyl halides is 3. The van der Waals surface area contributed by atoms with Gasteiger partial charge in [-0.15, -0.1) is 0 Å². The molecule has 3 aromatic carbocycles. The van der Waals surface area contributed by atoms with E-state index in [1.165, 1.54) is 34.4 Å². The lowest BCUT2D eigenvalue weighted by molar-refractivity contribution is -0.137. The molecular formula is C24H20F3N. The van der Waals surface area contributed by atoms with Gasteiger partial charge in [0.2, 0.25) is 0 Å². The largest absolute Gasteiger partial charge is 0.416 e. The Morgan fingerprint density at radius 2 is 1.64 bits per heavy atom. The Kier molecular flexibility index (Phi) is 3.72. The van der Waals surface area contributed by atoms with Crippen LogP contribution < -0.4 is 0 Å². The SMILES string of the molecule is C[C@]12c3ccccc3C[C@H](c3ccccc31)N2Cc1cccc(C(F)(F)F)c1. The third-order valence-electron chi connectivity index (χ3n) is 6.36. The van der Waals surface area contributed by atoms with E-state index >= 15 is 0 Å². The highest BCUT2D eigenvalue weighted by atomic mass is 19.4. The Balaban J connectivity index is 1.62. The fourth-order valence-electron chi connectivity index (χ4n) is 5.08. The zero-order valence-corrected chi connectivity index (χ0v) is 15.5.